The molecule has 1 aliphatic heterocycles. The minimum atomic E-state index is -3.22. The van der Waals surface area contributed by atoms with Gasteiger partial charge in [0.2, 0.25) is 5.91 Å². The molecule has 1 amide bonds. The topological polar surface area (TPSA) is 489 Å². The Balaban J connectivity index is 0.00000132. The number of nitrogens with zero attached hydrogens (tertiary/aromatic N) is 6. The molecule has 0 saturated carbocycles. The van der Waals surface area contributed by atoms with Crippen LogP contribution in [0, 0.1) is 13.8 Å². The van der Waals surface area contributed by atoms with Crippen LogP contribution in [0.3, 0.4) is 0 Å². The van der Waals surface area contributed by atoms with Gasteiger partial charge in [-0.1, -0.05) is 81.7 Å². The number of amides is 1. The van der Waals surface area contributed by atoms with Crippen LogP contribution in [-0.4, -0.2) is 162 Å². The van der Waals surface area contributed by atoms with Gasteiger partial charge in [-0.15, -0.1) is 0 Å². The van der Waals surface area contributed by atoms with Crippen molar-refractivity contribution < 1.29 is 109 Å². The molecule has 0 radical (unpaired) electrons. The average molecular weight is 1880 g/mol. The van der Waals surface area contributed by atoms with Gasteiger partial charge in [0.1, 0.15) is 55.5 Å². The number of nitrogens with one attached hydrogen (secondary N) is 4. The third-order valence-corrected chi connectivity index (χ3v) is 15.6. The number of carbonyl (C=O) groups excluding carboxylic acids is 9. The number of hydrogen-bond donors (Lipinski definition) is 8. The third-order valence-electron chi connectivity index (χ3n) is 14.3. The zero-order valence-electron chi connectivity index (χ0n) is 65.3. The number of aryl methyl sites for hydroxylation is 2. The van der Waals surface area contributed by atoms with Crippen molar-refractivity contribution in [2.75, 3.05) is 101 Å². The number of halogens is 9. The average Bonchev–Trinajstić information content (AvgIpc) is 0.772. The molecule has 44 heteroatoms. The second kappa shape index (κ2) is 59.2. The number of aliphatic hydroxyl groups excluding tert-OH is 1. The Kier molecular flexibility index (Phi) is 54.4. The van der Waals surface area contributed by atoms with Gasteiger partial charge in [-0.2, -0.15) is 0 Å². The number of aliphatic hydroxyl groups is 1. The summed E-state index contributed by atoms with van der Waals surface area (Å²) in [6.07, 6.45) is 9.43. The van der Waals surface area contributed by atoms with Gasteiger partial charge in [-0.05, 0) is 171 Å². The standard InChI is InChI=1S/C16H16ClN3O.C10H13NO2.C9H11ClN2O2.C9H14O5.C8H7Cl2NO2.C8H9NO4.C7H9ClN2O.C7H7ClN2O.Cl3OP.Mn.2O/c1-9-3-4-11(18)6-12(9)13-5-10-8-19-15(17)7-14(10)20(2)16(13)21;1-7-3-4-9(11)5-8(7)6-10(12)13-2;1-3-14-9(13)6-5-12-8(10)4-7(6)11-2;1-3-13-8(11)5-7(10)6-9(12)14-4-2;1-2-13-8(12)5-4-11-7(10)3-6(5)9;1-2-13-8(12)5-4-9-7(11)3-6(5)10;2*1-9-6-2-7(8)10-3-5(6)4-11;1-5(2,3)4;;;/h3-4,6-8,13H,5,18H2,1-2H3;3-5H,6,11H2,1-2H3;4-5H,3H2,1-2H3,(H,11,12);3-6H2,1-2H3;3-4H,2H2,1H3;3-4H,2H2,1H3,(H2,9,10,11);2-3,11H,4H2,1H3,(H,9,10);2-4H,1H3,(H,9,10);;;;. The maximum absolute atomic E-state index is 12.7. The number of esters is 6. The van der Waals surface area contributed by atoms with Gasteiger partial charge in [0.25, 0.3) is 5.56 Å². The summed E-state index contributed by atoms with van der Waals surface area (Å²) in [5, 5.41) is 25.4. The number of carbonyl (C=O) groups is 9. The Hall–Kier alpha value is -9.51. The molecular weight excluding hydrogens is 1800 g/mol. The van der Waals surface area contributed by atoms with E-state index < -0.39 is 61.2 Å². The van der Waals surface area contributed by atoms with Crippen molar-refractivity contribution >= 4 is 196 Å². The van der Waals surface area contributed by atoms with Crippen LogP contribution >= 0.6 is 109 Å². The number of aromatic amines is 1. The molecule has 6 aromatic heterocycles. The Morgan fingerprint density at radius 2 is 1.03 bits per heavy atom. The molecule has 0 aliphatic carbocycles. The van der Waals surface area contributed by atoms with Gasteiger partial charge in [-0.25, -0.2) is 39.3 Å². The molecule has 0 spiro atoms. The molecule has 8 aromatic rings. The molecule has 118 heavy (non-hydrogen) atoms. The third kappa shape index (κ3) is 43.3. The Morgan fingerprint density at radius 1 is 0.593 bits per heavy atom. The SMILES string of the molecule is CCOC(=O)CC(=O)CC(=O)OCC.CCOC(=O)c1c[nH]c(=O)cc1O.CCOC(=O)c1cnc(Cl)cc1Cl.CCOC(=O)c1cnc(Cl)cc1NC.CNc1cc(Cl)ncc1C=O.CNc1cc(Cl)ncc1CO.COC(=O)Cc1cc(N)ccc1C.Cc1ccc(N)cc1C1Cc2cnc(Cl)cc2N(C)C1=O.O=P(Cl)(Cl)Cl.[O]=[Mn]=[O]. The number of aromatic nitrogens is 6. The Morgan fingerprint density at radius 3 is 1.50 bits per heavy atom. The summed E-state index contributed by atoms with van der Waals surface area (Å²) >= 11 is 46.5. The number of ketones is 1. The summed E-state index contributed by atoms with van der Waals surface area (Å²) in [5.74, 6) is -4.04. The van der Waals surface area contributed by atoms with Crippen molar-refractivity contribution in [3.8, 4) is 5.75 Å². The molecule has 1 atom stereocenters. The van der Waals surface area contributed by atoms with Gasteiger partial charge in [-0.3, -0.25) is 38.1 Å². The van der Waals surface area contributed by atoms with Crippen LogP contribution < -0.4 is 37.9 Å². The first-order valence-electron chi connectivity index (χ1n) is 34.1. The van der Waals surface area contributed by atoms with E-state index in [1.165, 1.54) is 31.8 Å². The van der Waals surface area contributed by atoms with E-state index in [2.05, 4.69) is 98.5 Å². The van der Waals surface area contributed by atoms with Crippen LogP contribution in [0.4, 0.5) is 34.1 Å². The fourth-order valence-electron chi connectivity index (χ4n) is 8.95. The molecule has 0 fully saturated rings. The number of ether oxygens (including phenoxy) is 6. The number of fused-ring (bicyclic) bond motifs is 1. The number of methoxy groups -OCH3 is 1. The fourth-order valence-corrected chi connectivity index (χ4v) is 10.0. The van der Waals surface area contributed by atoms with Crippen LogP contribution in [0.1, 0.15) is 128 Å². The van der Waals surface area contributed by atoms with Gasteiger partial charge in [0, 0.05) is 99.8 Å². The second-order valence-corrected chi connectivity index (χ2v) is 31.6. The molecule has 33 nitrogen and oxygen atoms in total. The Bertz CT molecular complexity index is 4770. The quantitative estimate of drug-likeness (QED) is 0.00513. The van der Waals surface area contributed by atoms with Crippen LogP contribution in [0.2, 0.25) is 30.8 Å². The van der Waals surface area contributed by atoms with E-state index in [0.717, 1.165) is 63.3 Å². The van der Waals surface area contributed by atoms with E-state index in [1.54, 1.807) is 110 Å². The summed E-state index contributed by atoms with van der Waals surface area (Å²) in [5.41, 5.74) is 22.2. The molecule has 10 N–H and O–H groups in total. The minimum absolute atomic E-state index is 0.0274. The van der Waals surface area contributed by atoms with Gasteiger partial charge < -0.3 is 75.9 Å². The summed E-state index contributed by atoms with van der Waals surface area (Å²) in [6, 6.07) is 20.1. The number of anilines is 6. The van der Waals surface area contributed by atoms with E-state index in [4.69, 9.17) is 108 Å². The number of nitrogens with two attached hydrogens (primary N) is 2. The van der Waals surface area contributed by atoms with E-state index in [0.29, 0.717) is 74.1 Å². The van der Waals surface area contributed by atoms with Crippen LogP contribution in [-0.2, 0) is 98.9 Å². The number of aldehydes is 1. The molecule has 643 valence electrons. The van der Waals surface area contributed by atoms with E-state index in [1.807, 2.05) is 44.2 Å². The van der Waals surface area contributed by atoms with E-state index in [9.17, 15) is 52.5 Å². The molecule has 0 saturated heterocycles. The number of nitrogen functional groups attached to an aromatic ring is 2. The molecule has 7 heterocycles. The predicted octanol–water partition coefficient (Wildman–Crippen LogP) is 14.9. The number of benzene rings is 2. The number of aromatic hydroxyl groups is 1. The van der Waals surface area contributed by atoms with Crippen molar-refractivity contribution in [1.82, 2.24) is 29.9 Å². The number of Topliss-reactive ketones (excluding diaryl/α,β-unsaturated/α-hetero) is 1. The predicted molar refractivity (Wildman–Crippen MR) is 449 cm³/mol. The first-order chi connectivity index (χ1) is 55.6. The number of H-pyrrole nitrogens is 1. The Labute approximate surface area is 729 Å². The van der Waals surface area contributed by atoms with Crippen molar-refractivity contribution in [2.24, 2.45) is 0 Å². The number of likely N-dealkylation sites (N-methyl/N-ethyl adjacent to an activating group) is 1. The zero-order chi connectivity index (χ0) is 89.9. The molecular formula is C74H86Cl9MnN12O21P. The van der Waals surface area contributed by atoms with Gasteiger partial charge in [0.15, 0.2) is 12.1 Å². The van der Waals surface area contributed by atoms with Crippen molar-refractivity contribution in [1.29, 1.82) is 0 Å². The first kappa shape index (κ1) is 108. The van der Waals surface area contributed by atoms with Crippen molar-refractivity contribution in [2.45, 2.75) is 86.7 Å². The molecule has 2 aromatic carbocycles. The van der Waals surface area contributed by atoms with E-state index in [-0.39, 0.29) is 90.5 Å². The zero-order valence-corrected chi connectivity index (χ0v) is 74.2. The first-order valence-corrected chi connectivity index (χ1v) is 41.7. The van der Waals surface area contributed by atoms with Crippen molar-refractivity contribution in [3.05, 3.63) is 207 Å². The summed E-state index contributed by atoms with van der Waals surface area (Å²) in [7, 11) is 8.34. The fraction of sp³-hybridized carbons (Fsp3) is 0.311. The summed E-state index contributed by atoms with van der Waals surface area (Å²) in [4.78, 5) is 134. The monoisotopic (exact) mass is 1880 g/mol. The second-order valence-electron chi connectivity index (χ2n) is 22.4. The van der Waals surface area contributed by atoms with Gasteiger partial charge in [0.05, 0.1) is 86.6 Å². The van der Waals surface area contributed by atoms with Crippen LogP contribution in [0.15, 0.2) is 115 Å². The molecule has 0 bridgehead atoms. The molecule has 1 aliphatic rings. The number of hydrogen-bond acceptors (Lipinski definition) is 31. The van der Waals surface area contributed by atoms with Crippen LogP contribution in [0.5, 0.6) is 5.75 Å². The molecule has 9 rings (SSSR count). The van der Waals surface area contributed by atoms with E-state index >= 15 is 0 Å². The van der Waals surface area contributed by atoms with Crippen molar-refractivity contribution in [3.63, 3.8) is 0 Å². The number of pyridine rings is 6. The maximum atomic E-state index is 12.7. The van der Waals surface area contributed by atoms with Gasteiger partial charge >= 0.3 is 63.5 Å². The molecule has 1 unspecified atom stereocenters. The summed E-state index contributed by atoms with van der Waals surface area (Å²) < 4.78 is 54.2. The van der Waals surface area contributed by atoms with Crippen LogP contribution in [0.25, 0.3) is 0 Å². The number of rotatable bonds is 20. The summed E-state index contributed by atoms with van der Waals surface area (Å²) in [6.45, 7) is 13.6. The normalized spacial score (nSPS) is 11.0.